The van der Waals surface area contributed by atoms with E-state index in [9.17, 15) is 4.39 Å². The van der Waals surface area contributed by atoms with Crippen LogP contribution in [0.2, 0.25) is 0 Å². The Kier molecular flexibility index (Phi) is 6.04. The van der Waals surface area contributed by atoms with Crippen LogP contribution in [0.15, 0.2) is 24.3 Å². The first-order valence-corrected chi connectivity index (χ1v) is 7.10. The second-order valence-electron chi connectivity index (χ2n) is 4.51. The van der Waals surface area contributed by atoms with Gasteiger partial charge in [-0.2, -0.15) is 0 Å². The molecular weight excluding hydrogens is 267 g/mol. The molecule has 0 saturated carbocycles. The highest BCUT2D eigenvalue weighted by Gasteiger charge is 2.15. The molecule has 2 heteroatoms. The topological polar surface area (TPSA) is 0 Å². The van der Waals surface area contributed by atoms with Crippen LogP contribution < -0.4 is 0 Å². The van der Waals surface area contributed by atoms with Crippen molar-refractivity contribution in [2.75, 3.05) is 5.33 Å². The zero-order valence-corrected chi connectivity index (χ0v) is 11.6. The third-order valence-corrected chi connectivity index (χ3v) is 3.99. The molecule has 0 radical (unpaired) electrons. The normalized spacial score (nSPS) is 14.8. The highest BCUT2D eigenvalue weighted by Crippen LogP contribution is 2.23. The summed E-state index contributed by atoms with van der Waals surface area (Å²) < 4.78 is 12.8. The lowest BCUT2D eigenvalue weighted by molar-refractivity contribution is 0.367. The number of hydrogen-bond donors (Lipinski definition) is 0. The van der Waals surface area contributed by atoms with E-state index in [0.29, 0.717) is 5.92 Å². The zero-order valence-electron chi connectivity index (χ0n) is 10.0. The fourth-order valence-electron chi connectivity index (χ4n) is 2.02. The monoisotopic (exact) mass is 286 g/mol. The predicted molar refractivity (Wildman–Crippen MR) is 71.5 cm³/mol. The van der Waals surface area contributed by atoms with Gasteiger partial charge in [0.25, 0.3) is 0 Å². The van der Waals surface area contributed by atoms with Gasteiger partial charge in [0.15, 0.2) is 0 Å². The van der Waals surface area contributed by atoms with Gasteiger partial charge in [0, 0.05) is 5.33 Å². The highest BCUT2D eigenvalue weighted by molar-refractivity contribution is 9.09. The van der Waals surface area contributed by atoms with E-state index >= 15 is 0 Å². The number of hydrogen-bond acceptors (Lipinski definition) is 0. The molecule has 0 aromatic heterocycles. The Balaban J connectivity index is 2.59. The summed E-state index contributed by atoms with van der Waals surface area (Å²) in [6.07, 6.45) is 3.53. The standard InChI is InChI=1S/C14H20BrF/c1-3-4-11(2)13(10-15)9-12-5-7-14(16)8-6-12/h5-8,11,13H,3-4,9-10H2,1-2H3. The molecule has 2 atom stereocenters. The largest absolute Gasteiger partial charge is 0.207 e. The molecule has 0 aliphatic heterocycles. The van der Waals surface area contributed by atoms with Gasteiger partial charge < -0.3 is 0 Å². The molecule has 0 saturated heterocycles. The molecule has 0 aliphatic carbocycles. The van der Waals surface area contributed by atoms with E-state index in [1.165, 1.54) is 18.4 Å². The molecule has 16 heavy (non-hydrogen) atoms. The van der Waals surface area contributed by atoms with Gasteiger partial charge in [0.1, 0.15) is 5.82 Å². The van der Waals surface area contributed by atoms with E-state index in [-0.39, 0.29) is 5.82 Å². The molecule has 1 aromatic carbocycles. The van der Waals surface area contributed by atoms with Gasteiger partial charge in [-0.05, 0) is 36.0 Å². The SMILES string of the molecule is CCCC(C)C(CBr)Cc1ccc(F)cc1. The van der Waals surface area contributed by atoms with Crippen molar-refractivity contribution in [3.8, 4) is 0 Å². The van der Waals surface area contributed by atoms with Crippen LogP contribution in [0.25, 0.3) is 0 Å². The lowest BCUT2D eigenvalue weighted by Crippen LogP contribution is -2.16. The smallest absolute Gasteiger partial charge is 0.123 e. The maximum absolute atomic E-state index is 12.8. The van der Waals surface area contributed by atoms with Gasteiger partial charge in [-0.1, -0.05) is 54.8 Å². The van der Waals surface area contributed by atoms with Crippen LogP contribution in [-0.2, 0) is 6.42 Å². The summed E-state index contributed by atoms with van der Waals surface area (Å²) in [5.74, 6) is 1.21. The summed E-state index contributed by atoms with van der Waals surface area (Å²) in [4.78, 5) is 0. The first kappa shape index (κ1) is 13.7. The third kappa shape index (κ3) is 4.25. The van der Waals surface area contributed by atoms with Gasteiger partial charge in [-0.15, -0.1) is 0 Å². The van der Waals surface area contributed by atoms with Gasteiger partial charge in [-0.3, -0.25) is 0 Å². The van der Waals surface area contributed by atoms with Gasteiger partial charge >= 0.3 is 0 Å². The Morgan fingerprint density at radius 3 is 2.38 bits per heavy atom. The molecule has 90 valence electrons. The Morgan fingerprint density at radius 1 is 1.25 bits per heavy atom. The summed E-state index contributed by atoms with van der Waals surface area (Å²) in [5.41, 5.74) is 1.23. The van der Waals surface area contributed by atoms with E-state index in [1.807, 2.05) is 12.1 Å². The van der Waals surface area contributed by atoms with Crippen molar-refractivity contribution in [1.29, 1.82) is 0 Å². The van der Waals surface area contributed by atoms with Crippen molar-refractivity contribution in [2.45, 2.75) is 33.1 Å². The second kappa shape index (κ2) is 7.05. The molecule has 0 N–H and O–H groups in total. The van der Waals surface area contributed by atoms with Crippen molar-refractivity contribution in [1.82, 2.24) is 0 Å². The van der Waals surface area contributed by atoms with E-state index in [4.69, 9.17) is 0 Å². The number of halogens is 2. The summed E-state index contributed by atoms with van der Waals surface area (Å²) >= 11 is 3.58. The molecule has 2 unspecified atom stereocenters. The maximum atomic E-state index is 12.8. The molecule has 0 bridgehead atoms. The molecule has 0 heterocycles. The van der Waals surface area contributed by atoms with Gasteiger partial charge in [0.05, 0.1) is 0 Å². The van der Waals surface area contributed by atoms with Crippen LogP contribution in [-0.4, -0.2) is 5.33 Å². The molecule has 0 fully saturated rings. The Bertz CT molecular complexity index is 294. The molecular formula is C14H20BrF. The van der Waals surface area contributed by atoms with Crippen molar-refractivity contribution < 1.29 is 4.39 Å². The number of rotatable bonds is 6. The van der Waals surface area contributed by atoms with Crippen LogP contribution >= 0.6 is 15.9 Å². The third-order valence-electron chi connectivity index (χ3n) is 3.16. The average molecular weight is 287 g/mol. The maximum Gasteiger partial charge on any atom is 0.123 e. The Hall–Kier alpha value is -0.370. The molecule has 1 rings (SSSR count). The van der Waals surface area contributed by atoms with Crippen LogP contribution in [0.3, 0.4) is 0 Å². The molecule has 1 aromatic rings. The fraction of sp³-hybridized carbons (Fsp3) is 0.571. The minimum absolute atomic E-state index is 0.152. The minimum Gasteiger partial charge on any atom is -0.207 e. The van der Waals surface area contributed by atoms with Gasteiger partial charge in [0.2, 0.25) is 0 Å². The molecule has 0 spiro atoms. The van der Waals surface area contributed by atoms with Crippen molar-refractivity contribution in [3.05, 3.63) is 35.6 Å². The average Bonchev–Trinajstić information content (AvgIpc) is 2.28. The molecule has 0 nitrogen and oxygen atoms in total. The summed E-state index contributed by atoms with van der Waals surface area (Å²) in [6, 6.07) is 6.88. The molecule has 0 amide bonds. The van der Waals surface area contributed by atoms with Crippen molar-refractivity contribution in [2.24, 2.45) is 11.8 Å². The summed E-state index contributed by atoms with van der Waals surface area (Å²) in [7, 11) is 0. The first-order chi connectivity index (χ1) is 7.67. The first-order valence-electron chi connectivity index (χ1n) is 5.97. The van der Waals surface area contributed by atoms with Crippen molar-refractivity contribution >= 4 is 15.9 Å². The van der Waals surface area contributed by atoms with E-state index in [2.05, 4.69) is 29.8 Å². The number of benzene rings is 1. The lowest BCUT2D eigenvalue weighted by Gasteiger charge is -2.21. The van der Waals surface area contributed by atoms with Crippen LogP contribution in [0, 0.1) is 17.7 Å². The van der Waals surface area contributed by atoms with Crippen LogP contribution in [0.5, 0.6) is 0 Å². The van der Waals surface area contributed by atoms with E-state index < -0.39 is 0 Å². The van der Waals surface area contributed by atoms with E-state index in [0.717, 1.165) is 17.7 Å². The lowest BCUT2D eigenvalue weighted by atomic mass is 9.87. The second-order valence-corrected chi connectivity index (χ2v) is 5.16. The molecule has 0 aliphatic rings. The van der Waals surface area contributed by atoms with Crippen molar-refractivity contribution in [3.63, 3.8) is 0 Å². The quantitative estimate of drug-likeness (QED) is 0.658. The van der Waals surface area contributed by atoms with E-state index in [1.54, 1.807) is 12.1 Å². The van der Waals surface area contributed by atoms with Gasteiger partial charge in [-0.25, -0.2) is 4.39 Å². The summed E-state index contributed by atoms with van der Waals surface area (Å²) in [5, 5.41) is 1.02. The minimum atomic E-state index is -0.152. The number of alkyl halides is 1. The summed E-state index contributed by atoms with van der Waals surface area (Å²) in [6.45, 7) is 4.53. The zero-order chi connectivity index (χ0) is 12.0. The van der Waals surface area contributed by atoms with Crippen LogP contribution in [0.1, 0.15) is 32.3 Å². The Labute approximate surface area is 106 Å². The highest BCUT2D eigenvalue weighted by atomic mass is 79.9. The Morgan fingerprint density at radius 2 is 1.88 bits per heavy atom. The fourth-order valence-corrected chi connectivity index (χ4v) is 2.89. The van der Waals surface area contributed by atoms with Crippen LogP contribution in [0.4, 0.5) is 4.39 Å². The predicted octanol–water partition coefficient (Wildman–Crippen LogP) is 4.82.